The molecule has 0 saturated heterocycles. The number of aromatic nitrogens is 3. The third-order valence-electron chi connectivity index (χ3n) is 3.20. The Labute approximate surface area is 125 Å². The minimum Gasteiger partial charge on any atom is -0.299 e. The highest BCUT2D eigenvalue weighted by molar-refractivity contribution is 5.58. The van der Waals surface area contributed by atoms with Crippen LogP contribution in [0.15, 0.2) is 54.9 Å². The molecule has 0 saturated carbocycles. The topological polar surface area (TPSA) is 30.7 Å². The second kappa shape index (κ2) is 5.29. The number of pyridine rings is 1. The van der Waals surface area contributed by atoms with Gasteiger partial charge in [0.15, 0.2) is 5.69 Å². The SMILES string of the molecule is Cc1ccc(-c2nc(C(F)(F)F)cn2-c2ccccc2)cn1. The van der Waals surface area contributed by atoms with E-state index in [2.05, 4.69) is 9.97 Å². The molecule has 0 aliphatic rings. The molecule has 1 aromatic carbocycles. The van der Waals surface area contributed by atoms with Crippen LogP contribution in [-0.4, -0.2) is 14.5 Å². The summed E-state index contributed by atoms with van der Waals surface area (Å²) in [7, 11) is 0. The van der Waals surface area contributed by atoms with Gasteiger partial charge in [0, 0.05) is 29.3 Å². The maximum atomic E-state index is 13.0. The maximum Gasteiger partial charge on any atom is 0.434 e. The van der Waals surface area contributed by atoms with Crippen LogP contribution in [-0.2, 0) is 6.18 Å². The van der Waals surface area contributed by atoms with Gasteiger partial charge in [-0.3, -0.25) is 9.55 Å². The van der Waals surface area contributed by atoms with E-state index in [1.807, 2.05) is 6.92 Å². The number of benzene rings is 1. The van der Waals surface area contributed by atoms with Gasteiger partial charge < -0.3 is 0 Å². The molecule has 0 unspecified atom stereocenters. The van der Waals surface area contributed by atoms with E-state index in [-0.39, 0.29) is 5.82 Å². The Kier molecular flexibility index (Phi) is 3.44. The summed E-state index contributed by atoms with van der Waals surface area (Å²) in [4.78, 5) is 7.88. The van der Waals surface area contributed by atoms with Crippen molar-refractivity contribution in [3.8, 4) is 17.1 Å². The molecule has 22 heavy (non-hydrogen) atoms. The molecular formula is C16H12F3N3. The zero-order valence-electron chi connectivity index (χ0n) is 11.7. The predicted octanol–water partition coefficient (Wildman–Crippen LogP) is 4.26. The second-order valence-corrected chi connectivity index (χ2v) is 4.84. The van der Waals surface area contributed by atoms with Crippen molar-refractivity contribution in [2.45, 2.75) is 13.1 Å². The fourth-order valence-electron chi connectivity index (χ4n) is 2.11. The van der Waals surface area contributed by atoms with E-state index in [4.69, 9.17) is 0 Å². The summed E-state index contributed by atoms with van der Waals surface area (Å²) < 4.78 is 40.4. The van der Waals surface area contributed by atoms with Gasteiger partial charge in [0.1, 0.15) is 5.82 Å². The lowest BCUT2D eigenvalue weighted by Crippen LogP contribution is -2.05. The van der Waals surface area contributed by atoms with Crippen molar-refractivity contribution in [1.29, 1.82) is 0 Å². The lowest BCUT2D eigenvalue weighted by Gasteiger charge is -2.07. The monoisotopic (exact) mass is 303 g/mol. The van der Waals surface area contributed by atoms with Crippen molar-refractivity contribution in [3.05, 3.63) is 66.2 Å². The Morgan fingerprint density at radius 2 is 1.73 bits per heavy atom. The minimum absolute atomic E-state index is 0.214. The van der Waals surface area contributed by atoms with Gasteiger partial charge in [0.25, 0.3) is 0 Å². The number of rotatable bonds is 2. The van der Waals surface area contributed by atoms with Crippen molar-refractivity contribution in [1.82, 2.24) is 14.5 Å². The fourth-order valence-corrected chi connectivity index (χ4v) is 2.11. The highest BCUT2D eigenvalue weighted by atomic mass is 19.4. The molecule has 0 spiro atoms. The van der Waals surface area contributed by atoms with Gasteiger partial charge in [-0.05, 0) is 31.2 Å². The molecule has 6 heteroatoms. The second-order valence-electron chi connectivity index (χ2n) is 4.84. The molecule has 2 heterocycles. The smallest absolute Gasteiger partial charge is 0.299 e. The number of hydrogen-bond donors (Lipinski definition) is 0. The van der Waals surface area contributed by atoms with Gasteiger partial charge in [0.05, 0.1) is 0 Å². The molecule has 0 radical (unpaired) electrons. The van der Waals surface area contributed by atoms with Crippen LogP contribution in [0.25, 0.3) is 17.1 Å². The van der Waals surface area contributed by atoms with Gasteiger partial charge in [-0.25, -0.2) is 4.98 Å². The molecule has 0 atom stereocenters. The first-order valence-corrected chi connectivity index (χ1v) is 6.60. The van der Waals surface area contributed by atoms with Crippen molar-refractivity contribution < 1.29 is 13.2 Å². The highest BCUT2D eigenvalue weighted by Gasteiger charge is 2.35. The zero-order chi connectivity index (χ0) is 15.7. The molecular weight excluding hydrogens is 291 g/mol. The van der Waals surface area contributed by atoms with Gasteiger partial charge >= 0.3 is 6.18 Å². The Morgan fingerprint density at radius 1 is 1.00 bits per heavy atom. The van der Waals surface area contributed by atoms with E-state index in [1.54, 1.807) is 42.5 Å². The van der Waals surface area contributed by atoms with E-state index in [9.17, 15) is 13.2 Å². The van der Waals surface area contributed by atoms with E-state index >= 15 is 0 Å². The zero-order valence-corrected chi connectivity index (χ0v) is 11.7. The number of para-hydroxylation sites is 1. The van der Waals surface area contributed by atoms with Gasteiger partial charge in [-0.2, -0.15) is 13.2 Å². The molecule has 0 bridgehead atoms. The summed E-state index contributed by atoms with van der Waals surface area (Å²) in [6.45, 7) is 1.81. The number of imidazole rings is 1. The Balaban J connectivity index is 2.19. The highest BCUT2D eigenvalue weighted by Crippen LogP contribution is 2.32. The number of halogens is 3. The van der Waals surface area contributed by atoms with Crippen molar-refractivity contribution >= 4 is 0 Å². The lowest BCUT2D eigenvalue weighted by atomic mass is 10.2. The van der Waals surface area contributed by atoms with Crippen LogP contribution in [0, 0.1) is 6.92 Å². The first-order valence-electron chi connectivity index (χ1n) is 6.60. The normalized spacial score (nSPS) is 11.6. The van der Waals surface area contributed by atoms with Crippen LogP contribution < -0.4 is 0 Å². The number of aryl methyl sites for hydroxylation is 1. The number of alkyl halides is 3. The summed E-state index contributed by atoms with van der Waals surface area (Å²) in [5.74, 6) is 0.214. The Morgan fingerprint density at radius 3 is 2.32 bits per heavy atom. The summed E-state index contributed by atoms with van der Waals surface area (Å²) in [5.41, 5.74) is 1.01. The molecule has 3 aromatic rings. The largest absolute Gasteiger partial charge is 0.434 e. The molecule has 0 aliphatic heterocycles. The average Bonchev–Trinajstić information content (AvgIpc) is 2.94. The predicted molar refractivity (Wildman–Crippen MR) is 76.5 cm³/mol. The van der Waals surface area contributed by atoms with E-state index in [0.717, 1.165) is 11.9 Å². The summed E-state index contributed by atoms with van der Waals surface area (Å²) >= 11 is 0. The van der Waals surface area contributed by atoms with Crippen LogP contribution in [0.5, 0.6) is 0 Å². The van der Waals surface area contributed by atoms with Gasteiger partial charge in [-0.1, -0.05) is 18.2 Å². The molecule has 112 valence electrons. The van der Waals surface area contributed by atoms with Crippen molar-refractivity contribution in [3.63, 3.8) is 0 Å². The molecule has 2 aromatic heterocycles. The Bertz CT molecular complexity index is 775. The summed E-state index contributed by atoms with van der Waals surface area (Å²) in [5, 5.41) is 0. The van der Waals surface area contributed by atoms with Crippen LogP contribution in [0.1, 0.15) is 11.4 Å². The van der Waals surface area contributed by atoms with E-state index < -0.39 is 11.9 Å². The van der Waals surface area contributed by atoms with Crippen LogP contribution >= 0.6 is 0 Å². The van der Waals surface area contributed by atoms with Gasteiger partial charge in [-0.15, -0.1) is 0 Å². The Hall–Kier alpha value is -2.63. The van der Waals surface area contributed by atoms with Crippen LogP contribution in [0.2, 0.25) is 0 Å². The van der Waals surface area contributed by atoms with Crippen LogP contribution in [0.4, 0.5) is 13.2 Å². The molecule has 3 nitrogen and oxygen atoms in total. The van der Waals surface area contributed by atoms with E-state index in [0.29, 0.717) is 11.3 Å². The molecule has 3 rings (SSSR count). The van der Waals surface area contributed by atoms with Crippen molar-refractivity contribution in [2.24, 2.45) is 0 Å². The van der Waals surface area contributed by atoms with Crippen LogP contribution in [0.3, 0.4) is 0 Å². The summed E-state index contributed by atoms with van der Waals surface area (Å²) in [6.07, 6.45) is -1.96. The molecule has 0 aliphatic carbocycles. The molecule has 0 N–H and O–H groups in total. The van der Waals surface area contributed by atoms with E-state index in [1.165, 1.54) is 10.8 Å². The standard InChI is InChI=1S/C16H12F3N3/c1-11-7-8-12(9-20-11)15-21-14(16(17,18)19)10-22(15)13-5-3-2-4-6-13/h2-10H,1H3. The quantitative estimate of drug-likeness (QED) is 0.708. The fraction of sp³-hybridized carbons (Fsp3) is 0.125. The first-order chi connectivity index (χ1) is 10.4. The maximum absolute atomic E-state index is 13.0. The van der Waals surface area contributed by atoms with Gasteiger partial charge in [0.2, 0.25) is 0 Å². The lowest BCUT2D eigenvalue weighted by molar-refractivity contribution is -0.140. The molecule has 0 fully saturated rings. The summed E-state index contributed by atoms with van der Waals surface area (Å²) in [6, 6.07) is 12.2. The first kappa shape index (κ1) is 14.3. The number of nitrogens with zero attached hydrogens (tertiary/aromatic N) is 3. The molecule has 0 amide bonds. The third kappa shape index (κ3) is 2.72. The average molecular weight is 303 g/mol. The number of hydrogen-bond acceptors (Lipinski definition) is 2. The van der Waals surface area contributed by atoms with Crippen molar-refractivity contribution in [2.75, 3.05) is 0 Å². The third-order valence-corrected chi connectivity index (χ3v) is 3.20. The minimum atomic E-state index is -4.49.